The molecule has 0 aliphatic heterocycles. The van der Waals surface area contributed by atoms with Crippen LogP contribution in [0.1, 0.15) is 15.9 Å². The molecule has 0 saturated carbocycles. The second kappa shape index (κ2) is 6.67. The van der Waals surface area contributed by atoms with E-state index < -0.39 is 11.7 Å². The predicted molar refractivity (Wildman–Crippen MR) is 86.5 cm³/mol. The monoisotopic (exact) mass is 318 g/mol. The molecular weight excluding hydrogens is 307 g/mol. The molecule has 2 aromatic heterocycles. The van der Waals surface area contributed by atoms with Crippen LogP contribution in [0.5, 0.6) is 0 Å². The first kappa shape index (κ1) is 15.3. The molecule has 24 heavy (non-hydrogen) atoms. The van der Waals surface area contributed by atoms with Crippen LogP contribution in [0.4, 0.5) is 10.1 Å². The van der Waals surface area contributed by atoms with Gasteiger partial charge in [0.25, 0.3) is 5.91 Å². The van der Waals surface area contributed by atoms with Crippen LogP contribution < -0.4 is 5.32 Å². The van der Waals surface area contributed by atoms with Gasteiger partial charge < -0.3 is 5.32 Å². The largest absolute Gasteiger partial charge is 0.322 e. The van der Waals surface area contributed by atoms with Gasteiger partial charge in [-0.3, -0.25) is 14.8 Å². The zero-order chi connectivity index (χ0) is 16.9. The van der Waals surface area contributed by atoms with Gasteiger partial charge in [0.15, 0.2) is 0 Å². The highest BCUT2D eigenvalue weighted by Crippen LogP contribution is 2.20. The fourth-order valence-electron chi connectivity index (χ4n) is 2.15. The fraction of sp³-hybridized carbons (Fsp3) is 0. The van der Waals surface area contributed by atoms with Crippen molar-refractivity contribution in [3.63, 3.8) is 0 Å². The molecule has 3 rings (SSSR count). The predicted octanol–water partition coefficient (Wildman–Crippen LogP) is 3.41. The number of anilines is 1. The summed E-state index contributed by atoms with van der Waals surface area (Å²) in [5.74, 6) is -1.32. The second-order valence-corrected chi connectivity index (χ2v) is 4.93. The Bertz CT molecular complexity index is 935. The second-order valence-electron chi connectivity index (χ2n) is 4.93. The van der Waals surface area contributed by atoms with Crippen LogP contribution in [0.25, 0.3) is 11.3 Å². The van der Waals surface area contributed by atoms with Crippen molar-refractivity contribution in [2.24, 2.45) is 0 Å². The molecule has 0 unspecified atom stereocenters. The summed E-state index contributed by atoms with van der Waals surface area (Å²) in [6, 6.07) is 12.4. The number of pyridine rings is 2. The van der Waals surface area contributed by atoms with Crippen LogP contribution in [0.2, 0.25) is 0 Å². The number of halogens is 1. The zero-order valence-electron chi connectivity index (χ0n) is 12.4. The Morgan fingerprint density at radius 2 is 2.04 bits per heavy atom. The van der Waals surface area contributed by atoms with Crippen molar-refractivity contribution in [1.29, 1.82) is 5.26 Å². The summed E-state index contributed by atoms with van der Waals surface area (Å²) >= 11 is 0. The van der Waals surface area contributed by atoms with Crippen LogP contribution in [-0.4, -0.2) is 15.9 Å². The molecule has 1 N–H and O–H groups in total. The SMILES string of the molecule is N#Cc1ccc(F)c(C(=O)Nc2ccnc(-c3cccnc3)c2)c1. The maximum atomic E-state index is 13.8. The van der Waals surface area contributed by atoms with Gasteiger partial charge in [-0.2, -0.15) is 5.26 Å². The first-order valence-corrected chi connectivity index (χ1v) is 7.05. The van der Waals surface area contributed by atoms with Crippen LogP contribution in [0.15, 0.2) is 61.1 Å². The number of amides is 1. The van der Waals surface area contributed by atoms with Crippen molar-refractivity contribution < 1.29 is 9.18 Å². The summed E-state index contributed by atoms with van der Waals surface area (Å²) in [5.41, 5.74) is 1.93. The normalized spacial score (nSPS) is 10.0. The van der Waals surface area contributed by atoms with Gasteiger partial charge in [-0.05, 0) is 42.5 Å². The highest BCUT2D eigenvalue weighted by Gasteiger charge is 2.13. The molecule has 6 heteroatoms. The average molecular weight is 318 g/mol. The summed E-state index contributed by atoms with van der Waals surface area (Å²) in [6.07, 6.45) is 4.85. The van der Waals surface area contributed by atoms with Crippen molar-refractivity contribution in [3.05, 3.63) is 78.0 Å². The van der Waals surface area contributed by atoms with E-state index in [1.165, 1.54) is 12.1 Å². The topological polar surface area (TPSA) is 78.7 Å². The first-order valence-electron chi connectivity index (χ1n) is 7.05. The number of nitriles is 1. The first-order chi connectivity index (χ1) is 11.7. The lowest BCUT2D eigenvalue weighted by Crippen LogP contribution is -2.14. The number of nitrogens with zero attached hydrogens (tertiary/aromatic N) is 3. The molecule has 0 aliphatic carbocycles. The molecule has 1 aromatic carbocycles. The third-order valence-electron chi connectivity index (χ3n) is 3.32. The molecule has 3 aromatic rings. The summed E-state index contributed by atoms with van der Waals surface area (Å²) in [7, 11) is 0. The Labute approximate surface area is 137 Å². The van der Waals surface area contributed by atoms with Crippen LogP contribution in [-0.2, 0) is 0 Å². The van der Waals surface area contributed by atoms with E-state index in [0.29, 0.717) is 11.4 Å². The molecule has 2 heterocycles. The average Bonchev–Trinajstić information content (AvgIpc) is 2.63. The number of hydrogen-bond donors (Lipinski definition) is 1. The van der Waals surface area contributed by atoms with Gasteiger partial charge in [0.05, 0.1) is 22.9 Å². The number of carbonyl (C=O) groups excluding carboxylic acids is 1. The third-order valence-corrected chi connectivity index (χ3v) is 3.32. The van der Waals surface area contributed by atoms with E-state index in [4.69, 9.17) is 5.26 Å². The summed E-state index contributed by atoms with van der Waals surface area (Å²) in [4.78, 5) is 20.5. The molecular formula is C18H11FN4O. The van der Waals surface area contributed by atoms with Gasteiger partial charge in [0.1, 0.15) is 5.82 Å². The minimum atomic E-state index is -0.687. The Morgan fingerprint density at radius 1 is 1.17 bits per heavy atom. The summed E-state index contributed by atoms with van der Waals surface area (Å²) < 4.78 is 13.8. The lowest BCUT2D eigenvalue weighted by molar-refractivity contribution is 0.102. The van der Waals surface area contributed by atoms with E-state index in [2.05, 4.69) is 15.3 Å². The van der Waals surface area contributed by atoms with E-state index in [9.17, 15) is 9.18 Å². The van der Waals surface area contributed by atoms with Crippen LogP contribution in [0.3, 0.4) is 0 Å². The van der Waals surface area contributed by atoms with Gasteiger partial charge in [0, 0.05) is 29.8 Å². The molecule has 0 bridgehead atoms. The Balaban J connectivity index is 1.87. The molecule has 0 spiro atoms. The number of nitrogens with one attached hydrogen (secondary N) is 1. The molecule has 0 atom stereocenters. The number of rotatable bonds is 3. The lowest BCUT2D eigenvalue weighted by atomic mass is 10.1. The molecule has 1 amide bonds. The van der Waals surface area contributed by atoms with Gasteiger partial charge in [-0.25, -0.2) is 4.39 Å². The van der Waals surface area contributed by atoms with Gasteiger partial charge >= 0.3 is 0 Å². The smallest absolute Gasteiger partial charge is 0.258 e. The van der Waals surface area contributed by atoms with Gasteiger partial charge in [-0.1, -0.05) is 0 Å². The molecule has 0 fully saturated rings. The lowest BCUT2D eigenvalue weighted by Gasteiger charge is -2.08. The van der Waals surface area contributed by atoms with E-state index >= 15 is 0 Å². The summed E-state index contributed by atoms with van der Waals surface area (Å²) in [5, 5.41) is 11.5. The summed E-state index contributed by atoms with van der Waals surface area (Å²) in [6.45, 7) is 0. The molecule has 0 aliphatic rings. The number of carbonyl (C=O) groups is 1. The number of hydrogen-bond acceptors (Lipinski definition) is 4. The van der Waals surface area contributed by atoms with E-state index in [1.54, 1.807) is 36.8 Å². The van der Waals surface area contributed by atoms with Gasteiger partial charge in [-0.15, -0.1) is 0 Å². The van der Waals surface area contributed by atoms with E-state index in [-0.39, 0.29) is 11.1 Å². The van der Waals surface area contributed by atoms with E-state index in [1.807, 2.05) is 12.1 Å². The zero-order valence-corrected chi connectivity index (χ0v) is 12.4. The quantitative estimate of drug-likeness (QED) is 0.802. The maximum Gasteiger partial charge on any atom is 0.258 e. The maximum absolute atomic E-state index is 13.8. The Kier molecular flexibility index (Phi) is 4.25. The highest BCUT2D eigenvalue weighted by molar-refractivity contribution is 6.04. The molecule has 0 radical (unpaired) electrons. The van der Waals surface area contributed by atoms with Crippen molar-refractivity contribution in [2.75, 3.05) is 5.32 Å². The third kappa shape index (κ3) is 3.25. The van der Waals surface area contributed by atoms with Crippen LogP contribution >= 0.6 is 0 Å². The molecule has 5 nitrogen and oxygen atoms in total. The minimum absolute atomic E-state index is 0.186. The molecule has 0 saturated heterocycles. The fourth-order valence-corrected chi connectivity index (χ4v) is 2.15. The van der Waals surface area contributed by atoms with Gasteiger partial charge in [0.2, 0.25) is 0 Å². The van der Waals surface area contributed by atoms with E-state index in [0.717, 1.165) is 11.6 Å². The molecule has 116 valence electrons. The Morgan fingerprint density at radius 3 is 2.79 bits per heavy atom. The van der Waals surface area contributed by atoms with Crippen molar-refractivity contribution in [1.82, 2.24) is 9.97 Å². The van der Waals surface area contributed by atoms with Crippen molar-refractivity contribution >= 4 is 11.6 Å². The minimum Gasteiger partial charge on any atom is -0.322 e. The standard InChI is InChI=1S/C18H11FN4O/c19-16-4-3-12(10-20)8-15(16)18(24)23-14-5-7-22-17(9-14)13-2-1-6-21-11-13/h1-9,11H,(H,22,23,24). The Hall–Kier alpha value is -3.59. The van der Waals surface area contributed by atoms with Crippen molar-refractivity contribution in [2.45, 2.75) is 0 Å². The number of aromatic nitrogens is 2. The number of benzene rings is 1. The van der Waals surface area contributed by atoms with Crippen LogP contribution in [0, 0.1) is 17.1 Å². The van der Waals surface area contributed by atoms with Crippen molar-refractivity contribution in [3.8, 4) is 17.3 Å². The highest BCUT2D eigenvalue weighted by atomic mass is 19.1.